The molecule has 3 nitrogen and oxygen atoms in total. The summed E-state index contributed by atoms with van der Waals surface area (Å²) in [6.07, 6.45) is 9.17. The zero-order chi connectivity index (χ0) is 14.4. The standard InChI is InChI=1S/C17H21N3/c1-3-8-16-19-15(17(18)20(16)13-4-2)12-11-14-9-6-5-7-10-14/h2,5-7,9-10H,3,8,11-13,18H2,1H3. The summed E-state index contributed by atoms with van der Waals surface area (Å²) in [5, 5.41) is 0. The third-order valence-electron chi connectivity index (χ3n) is 3.38. The summed E-state index contributed by atoms with van der Waals surface area (Å²) in [7, 11) is 0. The molecule has 1 aromatic carbocycles. The molecule has 0 aliphatic heterocycles. The molecule has 1 aromatic heterocycles. The Labute approximate surface area is 120 Å². The van der Waals surface area contributed by atoms with E-state index in [2.05, 4.69) is 42.1 Å². The summed E-state index contributed by atoms with van der Waals surface area (Å²) in [5.74, 6) is 4.38. The quantitative estimate of drug-likeness (QED) is 0.818. The number of imidazole rings is 1. The molecule has 0 aliphatic rings. The highest BCUT2D eigenvalue weighted by atomic mass is 15.1. The average molecular weight is 267 g/mol. The Balaban J connectivity index is 2.15. The first-order valence-corrected chi connectivity index (χ1v) is 7.07. The first-order chi connectivity index (χ1) is 9.76. The number of nitrogen functional groups attached to an aromatic ring is 1. The first-order valence-electron chi connectivity index (χ1n) is 7.07. The SMILES string of the molecule is C#CCn1c(CCC)nc(CCc2ccccc2)c1N. The van der Waals surface area contributed by atoms with E-state index in [1.807, 2.05) is 10.6 Å². The van der Waals surface area contributed by atoms with Gasteiger partial charge in [0.2, 0.25) is 0 Å². The zero-order valence-corrected chi connectivity index (χ0v) is 12.0. The molecule has 0 fully saturated rings. The van der Waals surface area contributed by atoms with Crippen LogP contribution in [0, 0.1) is 12.3 Å². The second-order valence-corrected chi connectivity index (χ2v) is 4.89. The van der Waals surface area contributed by atoms with E-state index in [-0.39, 0.29) is 0 Å². The Bertz CT molecular complexity index is 591. The number of benzene rings is 1. The van der Waals surface area contributed by atoms with Crippen LogP contribution in [0.5, 0.6) is 0 Å². The van der Waals surface area contributed by atoms with Crippen LogP contribution in [0.15, 0.2) is 30.3 Å². The third kappa shape index (κ3) is 3.21. The van der Waals surface area contributed by atoms with E-state index < -0.39 is 0 Å². The number of hydrogen-bond acceptors (Lipinski definition) is 2. The van der Waals surface area contributed by atoms with Gasteiger partial charge in [-0.25, -0.2) is 4.98 Å². The van der Waals surface area contributed by atoms with Gasteiger partial charge in [0.1, 0.15) is 11.6 Å². The van der Waals surface area contributed by atoms with E-state index in [1.165, 1.54) is 5.56 Å². The lowest BCUT2D eigenvalue weighted by Crippen LogP contribution is -2.06. The van der Waals surface area contributed by atoms with Gasteiger partial charge < -0.3 is 10.3 Å². The molecule has 3 heteroatoms. The smallest absolute Gasteiger partial charge is 0.127 e. The van der Waals surface area contributed by atoms with Gasteiger partial charge >= 0.3 is 0 Å². The van der Waals surface area contributed by atoms with Crippen molar-refractivity contribution in [2.75, 3.05) is 5.73 Å². The number of terminal acetylenes is 1. The van der Waals surface area contributed by atoms with Gasteiger partial charge in [0.25, 0.3) is 0 Å². The van der Waals surface area contributed by atoms with Crippen LogP contribution in [-0.4, -0.2) is 9.55 Å². The molecule has 0 saturated carbocycles. The van der Waals surface area contributed by atoms with E-state index in [1.54, 1.807) is 0 Å². The maximum atomic E-state index is 6.19. The molecule has 0 radical (unpaired) electrons. The topological polar surface area (TPSA) is 43.8 Å². The largest absolute Gasteiger partial charge is 0.384 e. The number of nitrogens with two attached hydrogens (primary N) is 1. The van der Waals surface area contributed by atoms with E-state index in [0.29, 0.717) is 6.54 Å². The molecule has 0 amide bonds. The highest BCUT2D eigenvalue weighted by Crippen LogP contribution is 2.18. The zero-order valence-electron chi connectivity index (χ0n) is 12.0. The molecule has 0 saturated heterocycles. The van der Waals surface area contributed by atoms with Crippen molar-refractivity contribution in [2.45, 2.75) is 39.2 Å². The molecular weight excluding hydrogens is 246 g/mol. The fourth-order valence-electron chi connectivity index (χ4n) is 2.34. The highest BCUT2D eigenvalue weighted by molar-refractivity contribution is 5.39. The fourth-order valence-corrected chi connectivity index (χ4v) is 2.34. The van der Waals surface area contributed by atoms with Crippen molar-refractivity contribution in [3.8, 4) is 12.3 Å². The van der Waals surface area contributed by atoms with E-state index in [4.69, 9.17) is 12.2 Å². The van der Waals surface area contributed by atoms with Crippen LogP contribution in [-0.2, 0) is 25.8 Å². The van der Waals surface area contributed by atoms with Crippen LogP contribution in [0.3, 0.4) is 0 Å². The summed E-state index contributed by atoms with van der Waals surface area (Å²) in [6.45, 7) is 2.63. The number of anilines is 1. The normalized spacial score (nSPS) is 10.4. The van der Waals surface area contributed by atoms with Crippen molar-refractivity contribution in [2.24, 2.45) is 0 Å². The Morgan fingerprint density at radius 2 is 1.95 bits per heavy atom. The van der Waals surface area contributed by atoms with Gasteiger partial charge in [-0.15, -0.1) is 6.42 Å². The van der Waals surface area contributed by atoms with E-state index in [9.17, 15) is 0 Å². The van der Waals surface area contributed by atoms with Crippen LogP contribution in [0.4, 0.5) is 5.82 Å². The summed E-state index contributed by atoms with van der Waals surface area (Å²) in [6, 6.07) is 10.4. The van der Waals surface area contributed by atoms with Crippen LogP contribution in [0.2, 0.25) is 0 Å². The van der Waals surface area contributed by atoms with Crippen LogP contribution in [0.1, 0.15) is 30.4 Å². The Morgan fingerprint density at radius 3 is 2.60 bits per heavy atom. The number of hydrogen-bond donors (Lipinski definition) is 1. The molecular formula is C17H21N3. The Morgan fingerprint density at radius 1 is 1.20 bits per heavy atom. The van der Waals surface area contributed by atoms with Crippen molar-refractivity contribution in [1.82, 2.24) is 9.55 Å². The number of aromatic nitrogens is 2. The molecule has 1 heterocycles. The van der Waals surface area contributed by atoms with Crippen LogP contribution in [0.25, 0.3) is 0 Å². The Hall–Kier alpha value is -2.21. The molecule has 0 aliphatic carbocycles. The monoisotopic (exact) mass is 267 g/mol. The minimum atomic E-state index is 0.500. The maximum Gasteiger partial charge on any atom is 0.127 e. The number of rotatable bonds is 6. The summed E-state index contributed by atoms with van der Waals surface area (Å²) < 4.78 is 1.96. The van der Waals surface area contributed by atoms with E-state index in [0.717, 1.165) is 43.0 Å². The maximum absolute atomic E-state index is 6.19. The van der Waals surface area contributed by atoms with Crippen molar-refractivity contribution in [3.05, 3.63) is 47.4 Å². The average Bonchev–Trinajstić information content (AvgIpc) is 2.76. The molecule has 104 valence electrons. The summed E-state index contributed by atoms with van der Waals surface area (Å²) in [5.41, 5.74) is 8.46. The van der Waals surface area contributed by atoms with Crippen molar-refractivity contribution >= 4 is 5.82 Å². The van der Waals surface area contributed by atoms with Gasteiger partial charge in [-0.1, -0.05) is 43.2 Å². The third-order valence-corrected chi connectivity index (χ3v) is 3.38. The summed E-state index contributed by atoms with van der Waals surface area (Å²) in [4.78, 5) is 4.68. The molecule has 0 bridgehead atoms. The van der Waals surface area contributed by atoms with Crippen molar-refractivity contribution < 1.29 is 0 Å². The van der Waals surface area contributed by atoms with Crippen LogP contribution < -0.4 is 5.73 Å². The van der Waals surface area contributed by atoms with Gasteiger partial charge in [0.05, 0.1) is 12.2 Å². The first kappa shape index (κ1) is 14.2. The minimum Gasteiger partial charge on any atom is -0.384 e. The molecule has 0 spiro atoms. The van der Waals surface area contributed by atoms with Crippen LogP contribution >= 0.6 is 0 Å². The Kier molecular flexibility index (Phi) is 4.84. The van der Waals surface area contributed by atoms with Gasteiger partial charge in [-0.05, 0) is 24.8 Å². The predicted molar refractivity (Wildman–Crippen MR) is 83.3 cm³/mol. The van der Waals surface area contributed by atoms with Gasteiger partial charge in [0, 0.05) is 6.42 Å². The minimum absolute atomic E-state index is 0.500. The molecule has 0 atom stereocenters. The van der Waals surface area contributed by atoms with Crippen molar-refractivity contribution in [1.29, 1.82) is 0 Å². The van der Waals surface area contributed by atoms with Gasteiger partial charge in [0.15, 0.2) is 0 Å². The van der Waals surface area contributed by atoms with Crippen molar-refractivity contribution in [3.63, 3.8) is 0 Å². The van der Waals surface area contributed by atoms with E-state index >= 15 is 0 Å². The fraction of sp³-hybridized carbons (Fsp3) is 0.353. The number of aryl methyl sites for hydroxylation is 3. The second-order valence-electron chi connectivity index (χ2n) is 4.89. The lowest BCUT2D eigenvalue weighted by Gasteiger charge is -2.05. The van der Waals surface area contributed by atoms with Gasteiger partial charge in [-0.2, -0.15) is 0 Å². The molecule has 2 rings (SSSR count). The molecule has 20 heavy (non-hydrogen) atoms. The predicted octanol–water partition coefficient (Wildman–Crippen LogP) is 2.84. The molecule has 2 N–H and O–H groups in total. The lowest BCUT2D eigenvalue weighted by atomic mass is 10.1. The molecule has 0 unspecified atom stereocenters. The number of nitrogens with zero attached hydrogens (tertiary/aromatic N) is 2. The lowest BCUT2D eigenvalue weighted by molar-refractivity contribution is 0.732. The second kappa shape index (κ2) is 6.81. The van der Waals surface area contributed by atoms with Gasteiger partial charge in [-0.3, -0.25) is 0 Å². The highest BCUT2D eigenvalue weighted by Gasteiger charge is 2.13. The summed E-state index contributed by atoms with van der Waals surface area (Å²) >= 11 is 0. The molecule has 2 aromatic rings.